The molecule has 4 N–H and O–H groups in total. The van der Waals surface area contributed by atoms with Gasteiger partial charge in [0.2, 0.25) is 17.8 Å². The van der Waals surface area contributed by atoms with Crippen LogP contribution in [0.1, 0.15) is 49.1 Å². The average molecular weight is 574 g/mol. The first-order valence-corrected chi connectivity index (χ1v) is 15.0. The van der Waals surface area contributed by atoms with E-state index in [4.69, 9.17) is 21.2 Å². The second-order valence-corrected chi connectivity index (χ2v) is 13.3. The third kappa shape index (κ3) is 4.25. The number of thiophene rings is 1. The molecular formula is C25H32FN9O2S2. The van der Waals surface area contributed by atoms with Crippen molar-refractivity contribution in [1.82, 2.24) is 19.9 Å². The van der Waals surface area contributed by atoms with Crippen LogP contribution in [-0.2, 0) is 15.3 Å². The Morgan fingerprint density at radius 1 is 1.38 bits per heavy atom. The van der Waals surface area contributed by atoms with Gasteiger partial charge in [0.05, 0.1) is 15.8 Å². The van der Waals surface area contributed by atoms with Crippen LogP contribution in [-0.4, -0.2) is 82.8 Å². The number of thioether (sulfide) groups is 1. The van der Waals surface area contributed by atoms with Gasteiger partial charge in [-0.25, -0.2) is 4.39 Å². The molecule has 0 saturated carbocycles. The van der Waals surface area contributed by atoms with E-state index in [9.17, 15) is 14.4 Å². The topological polar surface area (TPSA) is 151 Å². The third-order valence-corrected chi connectivity index (χ3v) is 11.2. The van der Waals surface area contributed by atoms with Crippen LogP contribution in [0.15, 0.2) is 0 Å². The maximum atomic E-state index is 14.3. The largest absolute Gasteiger partial charge is 0.461 e. The number of aromatic nitrogens is 3. The van der Waals surface area contributed by atoms with Gasteiger partial charge in [-0.2, -0.15) is 20.2 Å². The van der Waals surface area contributed by atoms with Gasteiger partial charge < -0.3 is 26.0 Å². The number of rotatable bonds is 8. The number of nitrogen functional groups attached to an aromatic ring is 1. The predicted molar refractivity (Wildman–Crippen MR) is 149 cm³/mol. The zero-order valence-corrected chi connectivity index (χ0v) is 23.7. The Kier molecular flexibility index (Phi) is 6.51. The van der Waals surface area contributed by atoms with Gasteiger partial charge in [0, 0.05) is 48.8 Å². The second-order valence-electron chi connectivity index (χ2n) is 10.8. The lowest BCUT2D eigenvalue weighted by Crippen LogP contribution is -2.57. The highest BCUT2D eigenvalue weighted by molar-refractivity contribution is 8.00. The number of anilines is 3. The van der Waals surface area contributed by atoms with E-state index in [2.05, 4.69) is 20.9 Å². The Hall–Kier alpha value is -2.89. The molecule has 39 heavy (non-hydrogen) atoms. The van der Waals surface area contributed by atoms with Gasteiger partial charge in [-0.05, 0) is 33.2 Å². The number of fused-ring (bicyclic) bond motifs is 3. The number of ether oxygens (including phenoxy) is 1. The lowest BCUT2D eigenvalue weighted by Gasteiger charge is -2.47. The molecule has 0 bridgehead atoms. The number of nitrogens with zero attached hydrogens (tertiary/aromatic N) is 7. The summed E-state index contributed by atoms with van der Waals surface area (Å²) in [6.07, 6.45) is 1.46. The van der Waals surface area contributed by atoms with Crippen molar-refractivity contribution >= 4 is 45.9 Å². The third-order valence-electron chi connectivity index (χ3n) is 8.53. The number of carbonyl (C=O) groups excluding carboxylic acids is 1. The Bertz CT molecular complexity index is 1340. The first kappa shape index (κ1) is 26.3. The number of nitriles is 1. The van der Waals surface area contributed by atoms with E-state index < -0.39 is 18.1 Å². The molecule has 11 nitrogen and oxygen atoms in total. The Morgan fingerprint density at radius 2 is 2.18 bits per heavy atom. The normalized spacial score (nSPS) is 25.7. The quantitative estimate of drug-likeness (QED) is 0.477. The summed E-state index contributed by atoms with van der Waals surface area (Å²) in [6, 6.07) is 1.81. The van der Waals surface area contributed by atoms with Crippen molar-refractivity contribution in [3.63, 3.8) is 0 Å². The van der Waals surface area contributed by atoms with Gasteiger partial charge in [0.1, 0.15) is 29.9 Å². The van der Waals surface area contributed by atoms with E-state index in [1.165, 1.54) is 11.3 Å². The molecule has 0 radical (unpaired) electrons. The molecule has 2 aromatic heterocycles. The number of nitrogens with two attached hydrogens (primary N) is 2. The highest BCUT2D eigenvalue weighted by atomic mass is 32.2. The SMILES string of the molecule is CCN(c1nc(OC[C@@]23CCCN2C[C@H](F)C3)nc(N2CC3(C2)SCc2sc(N)c(C#N)c23)n1)[C@H](C)C(N)=O. The van der Waals surface area contributed by atoms with E-state index in [-0.39, 0.29) is 22.9 Å². The summed E-state index contributed by atoms with van der Waals surface area (Å²) < 4.78 is 20.2. The Balaban J connectivity index is 1.29. The number of carbonyl (C=O) groups is 1. The maximum absolute atomic E-state index is 14.3. The number of alkyl halides is 1. The summed E-state index contributed by atoms with van der Waals surface area (Å²) in [4.78, 5) is 33.1. The Morgan fingerprint density at radius 3 is 2.90 bits per heavy atom. The molecule has 0 aliphatic carbocycles. The van der Waals surface area contributed by atoms with Gasteiger partial charge >= 0.3 is 6.01 Å². The number of halogens is 1. The molecule has 1 spiro atoms. The molecule has 3 fully saturated rings. The monoisotopic (exact) mass is 573 g/mol. The van der Waals surface area contributed by atoms with Crippen LogP contribution in [0.25, 0.3) is 0 Å². The van der Waals surface area contributed by atoms with E-state index >= 15 is 0 Å². The van der Waals surface area contributed by atoms with Crippen LogP contribution in [0.2, 0.25) is 0 Å². The van der Waals surface area contributed by atoms with Crippen molar-refractivity contribution < 1.29 is 13.9 Å². The van der Waals surface area contributed by atoms with Crippen molar-refractivity contribution in [2.24, 2.45) is 5.73 Å². The second kappa shape index (κ2) is 9.64. The smallest absolute Gasteiger partial charge is 0.323 e. The first-order valence-electron chi connectivity index (χ1n) is 13.2. The minimum atomic E-state index is -0.860. The average Bonchev–Trinajstić information content (AvgIpc) is 3.60. The summed E-state index contributed by atoms with van der Waals surface area (Å²) in [5.41, 5.74) is 13.0. The predicted octanol–water partition coefficient (Wildman–Crippen LogP) is 2.00. The summed E-state index contributed by atoms with van der Waals surface area (Å²) in [5.74, 6) is 1.07. The molecule has 4 aliphatic rings. The van der Waals surface area contributed by atoms with Crippen LogP contribution in [0.4, 0.5) is 21.3 Å². The van der Waals surface area contributed by atoms with Crippen LogP contribution < -0.4 is 26.0 Å². The summed E-state index contributed by atoms with van der Waals surface area (Å²) in [7, 11) is 0. The molecular weight excluding hydrogens is 541 g/mol. The zero-order valence-electron chi connectivity index (χ0n) is 22.0. The molecule has 3 atom stereocenters. The van der Waals surface area contributed by atoms with Crippen molar-refractivity contribution in [2.45, 2.75) is 61.4 Å². The van der Waals surface area contributed by atoms with Crippen LogP contribution in [0.3, 0.4) is 0 Å². The highest BCUT2D eigenvalue weighted by Crippen LogP contribution is 2.57. The fraction of sp³-hybridized carbons (Fsp3) is 0.640. The number of likely N-dealkylation sites (N-methyl/N-ethyl adjacent to an activating group) is 1. The summed E-state index contributed by atoms with van der Waals surface area (Å²) >= 11 is 3.31. The van der Waals surface area contributed by atoms with Crippen LogP contribution in [0.5, 0.6) is 6.01 Å². The lowest BCUT2D eigenvalue weighted by molar-refractivity contribution is -0.119. The van der Waals surface area contributed by atoms with E-state index in [1.807, 2.05) is 23.6 Å². The minimum Gasteiger partial charge on any atom is -0.461 e. The molecule has 14 heteroatoms. The van der Waals surface area contributed by atoms with Gasteiger partial charge in [0.25, 0.3) is 0 Å². The molecule has 208 valence electrons. The standard InChI is InChI=1S/C25H32FN9O2S2/c1-3-35(14(2)19(28)36)22-30-21(31-23(32-22)37-13-24-5-4-6-34(24)9-15(26)7-24)33-11-25(12-33)18-16(8-27)20(29)39-17(18)10-38-25/h14-15H,3-7,9-13,29H2,1-2H3,(H2,28,36)/t14-,15-,24+/m1/s1. The minimum absolute atomic E-state index is 0.145. The molecule has 6 rings (SSSR count). The van der Waals surface area contributed by atoms with Gasteiger partial charge in [0.15, 0.2) is 0 Å². The van der Waals surface area contributed by atoms with Gasteiger partial charge in [-0.3, -0.25) is 9.69 Å². The molecule has 1 amide bonds. The maximum Gasteiger partial charge on any atom is 0.323 e. The number of hydrogen-bond donors (Lipinski definition) is 2. The number of amides is 1. The molecule has 0 unspecified atom stereocenters. The van der Waals surface area contributed by atoms with Gasteiger partial charge in [-0.15, -0.1) is 23.1 Å². The van der Waals surface area contributed by atoms with E-state index in [0.29, 0.717) is 55.1 Å². The highest BCUT2D eigenvalue weighted by Gasteiger charge is 2.53. The van der Waals surface area contributed by atoms with E-state index in [1.54, 1.807) is 11.8 Å². The summed E-state index contributed by atoms with van der Waals surface area (Å²) in [5, 5.41) is 10.3. The van der Waals surface area contributed by atoms with Crippen LogP contribution >= 0.6 is 23.1 Å². The Labute approximate surface area is 234 Å². The van der Waals surface area contributed by atoms with Gasteiger partial charge in [-0.1, -0.05) is 0 Å². The van der Waals surface area contributed by atoms with Crippen LogP contribution in [0, 0.1) is 11.3 Å². The molecule has 4 aliphatic heterocycles. The van der Waals surface area contributed by atoms with Crippen molar-refractivity contribution in [3.8, 4) is 12.1 Å². The molecule has 6 heterocycles. The molecule has 2 aromatic rings. The van der Waals surface area contributed by atoms with Crippen molar-refractivity contribution in [2.75, 3.05) is 54.9 Å². The zero-order chi connectivity index (χ0) is 27.5. The number of hydrogen-bond acceptors (Lipinski definition) is 12. The summed E-state index contributed by atoms with van der Waals surface area (Å²) in [6.45, 7) is 6.87. The van der Waals surface area contributed by atoms with Crippen molar-refractivity contribution in [3.05, 3.63) is 16.0 Å². The fourth-order valence-corrected chi connectivity index (χ4v) is 9.30. The van der Waals surface area contributed by atoms with Crippen molar-refractivity contribution in [1.29, 1.82) is 5.26 Å². The molecule has 3 saturated heterocycles. The fourth-order valence-electron chi connectivity index (χ4n) is 6.49. The molecule has 0 aromatic carbocycles. The van der Waals surface area contributed by atoms with E-state index in [0.717, 1.165) is 35.6 Å². The number of primary amides is 1. The first-order chi connectivity index (χ1) is 18.7. The lowest BCUT2D eigenvalue weighted by atomic mass is 9.88.